The molecule has 8 nitrogen and oxygen atoms in total. The second-order valence-corrected chi connectivity index (χ2v) is 4.64. The van der Waals surface area contributed by atoms with Crippen LogP contribution in [-0.2, 0) is 4.74 Å². The molecule has 1 heterocycles. The molecule has 1 amide bonds. The number of carbonyl (C=O) groups is 2. The molecule has 0 aliphatic carbocycles. The van der Waals surface area contributed by atoms with E-state index < -0.39 is 12.1 Å². The van der Waals surface area contributed by atoms with Crippen LogP contribution in [0.4, 0.5) is 22.0 Å². The molecule has 1 rings (SSSR count). The molecule has 22 heavy (non-hydrogen) atoms. The predicted molar refractivity (Wildman–Crippen MR) is 84.4 cm³/mol. The summed E-state index contributed by atoms with van der Waals surface area (Å²) >= 11 is 0. The van der Waals surface area contributed by atoms with E-state index in [0.29, 0.717) is 6.54 Å². The third-order valence-corrected chi connectivity index (χ3v) is 2.95. The first kappa shape index (κ1) is 17.5. The van der Waals surface area contributed by atoms with Crippen molar-refractivity contribution in [3.8, 4) is 0 Å². The van der Waals surface area contributed by atoms with E-state index in [1.54, 1.807) is 13.8 Å². The van der Waals surface area contributed by atoms with Gasteiger partial charge >= 0.3 is 12.1 Å². The largest absolute Gasteiger partial charge is 0.478 e. The number of aromatic carboxylic acids is 1. The van der Waals surface area contributed by atoms with Crippen LogP contribution in [-0.4, -0.2) is 35.3 Å². The fraction of sp³-hybridized carbons (Fsp3) is 0.500. The fourth-order valence-electron chi connectivity index (χ4n) is 1.95. The van der Waals surface area contributed by atoms with Crippen molar-refractivity contribution in [1.29, 1.82) is 0 Å². The Morgan fingerprint density at radius 1 is 1.32 bits per heavy atom. The molecule has 1 aromatic heterocycles. The lowest BCUT2D eigenvalue weighted by Crippen LogP contribution is -2.20. The molecule has 5 N–H and O–H groups in total. The number of rotatable bonds is 7. The summed E-state index contributed by atoms with van der Waals surface area (Å²) in [6, 6.07) is 0. The number of amides is 1. The SMILES string of the molecule is CCCCNc1c(NC(=O)OCC)c(N)nc(C)c1C(=O)O. The number of nitrogens with two attached hydrogens (primary N) is 1. The van der Waals surface area contributed by atoms with E-state index in [0.717, 1.165) is 12.8 Å². The maximum atomic E-state index is 11.6. The van der Waals surface area contributed by atoms with Crippen molar-refractivity contribution < 1.29 is 19.4 Å². The molecule has 0 unspecified atom stereocenters. The molecule has 1 aromatic rings. The van der Waals surface area contributed by atoms with Crippen LogP contribution < -0.4 is 16.4 Å². The van der Waals surface area contributed by atoms with Crippen molar-refractivity contribution in [3.05, 3.63) is 11.3 Å². The number of hydrogen-bond acceptors (Lipinski definition) is 6. The molecule has 0 radical (unpaired) electrons. The second kappa shape index (κ2) is 8.06. The third-order valence-electron chi connectivity index (χ3n) is 2.95. The molecule has 0 saturated heterocycles. The number of carboxylic acids is 1. The van der Waals surface area contributed by atoms with Crippen molar-refractivity contribution in [2.45, 2.75) is 33.6 Å². The summed E-state index contributed by atoms with van der Waals surface area (Å²) in [6.07, 6.45) is 1.07. The first-order valence-electron chi connectivity index (χ1n) is 7.13. The van der Waals surface area contributed by atoms with Gasteiger partial charge in [0.25, 0.3) is 0 Å². The summed E-state index contributed by atoms with van der Waals surface area (Å²) in [7, 11) is 0. The van der Waals surface area contributed by atoms with Gasteiger partial charge < -0.3 is 20.9 Å². The van der Waals surface area contributed by atoms with Gasteiger partial charge in [0.05, 0.1) is 18.0 Å². The van der Waals surface area contributed by atoms with Crippen molar-refractivity contribution in [2.75, 3.05) is 29.5 Å². The van der Waals surface area contributed by atoms with E-state index in [2.05, 4.69) is 15.6 Å². The zero-order chi connectivity index (χ0) is 16.7. The van der Waals surface area contributed by atoms with E-state index in [1.807, 2.05) is 6.92 Å². The molecular formula is C14H22N4O4. The number of carboxylic acid groups (broad SMARTS) is 1. The summed E-state index contributed by atoms with van der Waals surface area (Å²) in [5.74, 6) is -1.11. The summed E-state index contributed by atoms with van der Waals surface area (Å²) in [5, 5.41) is 14.9. The summed E-state index contributed by atoms with van der Waals surface area (Å²) in [4.78, 5) is 27.1. The molecule has 8 heteroatoms. The molecule has 122 valence electrons. The van der Waals surface area contributed by atoms with Gasteiger partial charge in [0.2, 0.25) is 0 Å². The van der Waals surface area contributed by atoms with E-state index in [-0.39, 0.29) is 35.1 Å². The predicted octanol–water partition coefficient (Wildman–Crippen LogP) is 2.45. The number of aromatic nitrogens is 1. The standard InChI is InChI=1S/C14H22N4O4/c1-4-6-7-16-10-9(13(19)20)8(3)17-12(15)11(10)18-14(21)22-5-2/h4-7H2,1-3H3,(H,18,21)(H,19,20)(H3,15,16,17). The van der Waals surface area contributed by atoms with Gasteiger partial charge in [0.15, 0.2) is 0 Å². The van der Waals surface area contributed by atoms with E-state index >= 15 is 0 Å². The maximum Gasteiger partial charge on any atom is 0.411 e. The smallest absolute Gasteiger partial charge is 0.411 e. The Kier molecular flexibility index (Phi) is 6.43. The molecule has 0 bridgehead atoms. The van der Waals surface area contributed by atoms with Crippen LogP contribution in [0.3, 0.4) is 0 Å². The van der Waals surface area contributed by atoms with Gasteiger partial charge in [-0.25, -0.2) is 14.6 Å². The van der Waals surface area contributed by atoms with Gasteiger partial charge in [0.1, 0.15) is 17.1 Å². The van der Waals surface area contributed by atoms with E-state index in [4.69, 9.17) is 10.5 Å². The number of pyridine rings is 1. The number of aryl methyl sites for hydroxylation is 1. The average Bonchev–Trinajstić information content (AvgIpc) is 2.42. The first-order valence-corrected chi connectivity index (χ1v) is 7.13. The van der Waals surface area contributed by atoms with Crippen molar-refractivity contribution in [3.63, 3.8) is 0 Å². The highest BCUT2D eigenvalue weighted by molar-refractivity contribution is 6.04. The summed E-state index contributed by atoms with van der Waals surface area (Å²) in [5.41, 5.74) is 6.46. The number of hydrogen-bond donors (Lipinski definition) is 4. The normalized spacial score (nSPS) is 10.1. The molecule has 0 spiro atoms. The third kappa shape index (κ3) is 4.24. The number of carbonyl (C=O) groups excluding carboxylic acids is 1. The van der Waals surface area contributed by atoms with Crippen LogP contribution >= 0.6 is 0 Å². The zero-order valence-corrected chi connectivity index (χ0v) is 13.0. The highest BCUT2D eigenvalue weighted by atomic mass is 16.5. The second-order valence-electron chi connectivity index (χ2n) is 4.64. The Balaban J connectivity index is 3.28. The van der Waals surface area contributed by atoms with Crippen LogP contribution in [0.2, 0.25) is 0 Å². The Morgan fingerprint density at radius 2 is 2.00 bits per heavy atom. The van der Waals surface area contributed by atoms with Gasteiger partial charge in [-0.3, -0.25) is 5.32 Å². The highest BCUT2D eigenvalue weighted by Crippen LogP contribution is 2.33. The van der Waals surface area contributed by atoms with Crippen LogP contribution in [0.15, 0.2) is 0 Å². The number of anilines is 3. The molecule has 0 aromatic carbocycles. The monoisotopic (exact) mass is 310 g/mol. The van der Waals surface area contributed by atoms with Gasteiger partial charge in [-0.2, -0.15) is 0 Å². The minimum Gasteiger partial charge on any atom is -0.478 e. The first-order chi connectivity index (χ1) is 10.4. The van der Waals surface area contributed by atoms with Crippen LogP contribution in [0.25, 0.3) is 0 Å². The molecule has 0 fully saturated rings. The van der Waals surface area contributed by atoms with E-state index in [9.17, 15) is 14.7 Å². The minimum atomic E-state index is -1.14. The number of nitrogens with zero attached hydrogens (tertiary/aromatic N) is 1. The lowest BCUT2D eigenvalue weighted by atomic mass is 10.1. The Labute approximate surface area is 129 Å². The lowest BCUT2D eigenvalue weighted by Gasteiger charge is -2.18. The minimum absolute atomic E-state index is 0.0166. The number of ether oxygens (including phenoxy) is 1. The molecule has 0 atom stereocenters. The average molecular weight is 310 g/mol. The molecule has 0 aliphatic rings. The van der Waals surface area contributed by atoms with Crippen LogP contribution in [0, 0.1) is 6.92 Å². The molecule has 0 saturated carbocycles. The molecule has 0 aliphatic heterocycles. The lowest BCUT2D eigenvalue weighted by molar-refractivity contribution is 0.0696. The Bertz CT molecular complexity index is 560. The quantitative estimate of drug-likeness (QED) is 0.570. The maximum absolute atomic E-state index is 11.6. The van der Waals surface area contributed by atoms with E-state index in [1.165, 1.54) is 0 Å². The number of unbranched alkanes of at least 4 members (excludes halogenated alkanes) is 1. The Morgan fingerprint density at radius 3 is 2.55 bits per heavy atom. The zero-order valence-electron chi connectivity index (χ0n) is 13.0. The summed E-state index contributed by atoms with van der Waals surface area (Å²) < 4.78 is 4.80. The van der Waals surface area contributed by atoms with Crippen molar-refractivity contribution in [1.82, 2.24) is 4.98 Å². The van der Waals surface area contributed by atoms with Crippen LogP contribution in [0.5, 0.6) is 0 Å². The van der Waals surface area contributed by atoms with Gasteiger partial charge in [-0.05, 0) is 20.3 Å². The van der Waals surface area contributed by atoms with Gasteiger partial charge in [-0.15, -0.1) is 0 Å². The molecular weight excluding hydrogens is 288 g/mol. The summed E-state index contributed by atoms with van der Waals surface area (Å²) in [6.45, 7) is 5.98. The van der Waals surface area contributed by atoms with Gasteiger partial charge in [0, 0.05) is 6.54 Å². The fourth-order valence-corrected chi connectivity index (χ4v) is 1.95. The number of nitrogen functional groups attached to an aromatic ring is 1. The number of nitrogens with one attached hydrogen (secondary N) is 2. The van der Waals surface area contributed by atoms with Crippen LogP contribution in [0.1, 0.15) is 42.7 Å². The van der Waals surface area contributed by atoms with Crippen molar-refractivity contribution >= 4 is 29.3 Å². The highest BCUT2D eigenvalue weighted by Gasteiger charge is 2.22. The Hall–Kier alpha value is -2.51. The van der Waals surface area contributed by atoms with Crippen molar-refractivity contribution in [2.24, 2.45) is 0 Å². The topological polar surface area (TPSA) is 127 Å². The van der Waals surface area contributed by atoms with Gasteiger partial charge in [-0.1, -0.05) is 13.3 Å².